The smallest absolute Gasteiger partial charge is 0.248 e. The molecule has 3 heteroatoms. The molecule has 21 heavy (non-hydrogen) atoms. The molecule has 0 aliphatic rings. The summed E-state index contributed by atoms with van der Waals surface area (Å²) in [5.41, 5.74) is 4.28. The predicted molar refractivity (Wildman–Crippen MR) is 86.0 cm³/mol. The summed E-state index contributed by atoms with van der Waals surface area (Å²) >= 11 is 0. The monoisotopic (exact) mass is 280 g/mol. The number of hydrogen-bond acceptors (Lipinski definition) is 3. The maximum Gasteiger partial charge on any atom is 0.248 e. The van der Waals surface area contributed by atoms with Crippen LogP contribution in [0.1, 0.15) is 25.0 Å². The van der Waals surface area contributed by atoms with E-state index in [1.165, 1.54) is 11.1 Å². The Bertz CT molecular complexity index is 682. The highest BCUT2D eigenvalue weighted by Gasteiger charge is 2.10. The van der Waals surface area contributed by atoms with Crippen LogP contribution in [0, 0.1) is 13.8 Å². The van der Waals surface area contributed by atoms with Gasteiger partial charge in [0, 0.05) is 11.1 Å². The molecule has 0 spiro atoms. The molecule has 2 aromatic carbocycles. The summed E-state index contributed by atoms with van der Waals surface area (Å²) in [6.07, 6.45) is 0. The van der Waals surface area contributed by atoms with E-state index in [4.69, 9.17) is 4.42 Å². The van der Waals surface area contributed by atoms with Crippen LogP contribution in [-0.2, 0) is 0 Å². The van der Waals surface area contributed by atoms with Gasteiger partial charge in [0.05, 0.1) is 0 Å². The van der Waals surface area contributed by atoms with Crippen molar-refractivity contribution in [3.63, 3.8) is 0 Å². The number of benzene rings is 2. The predicted octanol–water partition coefficient (Wildman–Crippen LogP) is 5.05. The topological polar surface area (TPSA) is 38.9 Å². The van der Waals surface area contributed by atoms with E-state index >= 15 is 0 Å². The molecule has 0 unspecified atom stereocenters. The van der Waals surface area contributed by atoms with Crippen LogP contribution >= 0.6 is 0 Å². The van der Waals surface area contributed by atoms with Crippen molar-refractivity contribution < 1.29 is 4.42 Å². The van der Waals surface area contributed by atoms with Crippen molar-refractivity contribution in [2.24, 2.45) is 0 Å². The van der Waals surface area contributed by atoms with Crippen LogP contribution in [0.4, 0.5) is 0 Å². The lowest BCUT2D eigenvalue weighted by atomic mass is 10.1. The summed E-state index contributed by atoms with van der Waals surface area (Å²) in [4.78, 5) is 0. The Morgan fingerprint density at radius 3 is 1.81 bits per heavy atom. The summed E-state index contributed by atoms with van der Waals surface area (Å²) in [7, 11) is 0. The first-order chi connectivity index (χ1) is 10.2. The van der Waals surface area contributed by atoms with Crippen molar-refractivity contribution >= 4 is 0 Å². The van der Waals surface area contributed by atoms with Gasteiger partial charge in [0.2, 0.25) is 11.8 Å². The average molecular weight is 280 g/mol. The van der Waals surface area contributed by atoms with Crippen LogP contribution in [0.5, 0.6) is 0 Å². The Labute approximate surface area is 125 Å². The summed E-state index contributed by atoms with van der Waals surface area (Å²) in [5.74, 6) is 1.11. The zero-order valence-electron chi connectivity index (χ0n) is 12.9. The van der Waals surface area contributed by atoms with Gasteiger partial charge < -0.3 is 4.42 Å². The van der Waals surface area contributed by atoms with Gasteiger partial charge in [-0.15, -0.1) is 10.2 Å². The zero-order valence-corrected chi connectivity index (χ0v) is 12.9. The number of nitrogens with zero attached hydrogens (tertiary/aromatic N) is 2. The van der Waals surface area contributed by atoms with Crippen molar-refractivity contribution in [1.29, 1.82) is 0 Å². The quantitative estimate of drug-likeness (QED) is 0.659. The van der Waals surface area contributed by atoms with E-state index in [1.54, 1.807) is 0 Å². The van der Waals surface area contributed by atoms with Crippen LogP contribution in [0.3, 0.4) is 0 Å². The van der Waals surface area contributed by atoms with Crippen molar-refractivity contribution in [2.45, 2.75) is 27.7 Å². The summed E-state index contributed by atoms with van der Waals surface area (Å²) in [5, 5.41) is 8.23. The fraction of sp³-hybridized carbons (Fsp3) is 0.222. The number of aryl methyl sites for hydroxylation is 2. The number of hydrogen-bond donors (Lipinski definition) is 0. The molecule has 1 heterocycles. The molecule has 0 fully saturated rings. The molecule has 0 N–H and O–H groups in total. The van der Waals surface area contributed by atoms with Gasteiger partial charge in [0.1, 0.15) is 0 Å². The lowest BCUT2D eigenvalue weighted by Gasteiger charge is -2.00. The van der Waals surface area contributed by atoms with Crippen LogP contribution in [0.15, 0.2) is 52.9 Å². The molecule has 0 amide bonds. The molecule has 0 aliphatic carbocycles. The number of aromatic nitrogens is 2. The van der Waals surface area contributed by atoms with Gasteiger partial charge >= 0.3 is 0 Å². The van der Waals surface area contributed by atoms with E-state index < -0.39 is 0 Å². The SMILES string of the molecule is CC.Cc1cc(C)cc(-c2nnc(-c3ccccc3)o2)c1. The fourth-order valence-corrected chi connectivity index (χ4v) is 2.14. The third kappa shape index (κ3) is 3.57. The van der Waals surface area contributed by atoms with Gasteiger partial charge in [0.25, 0.3) is 0 Å². The molecule has 0 bridgehead atoms. The summed E-state index contributed by atoms with van der Waals surface area (Å²) in [6, 6.07) is 16.0. The number of rotatable bonds is 2. The third-order valence-corrected chi connectivity index (χ3v) is 2.91. The Morgan fingerprint density at radius 2 is 1.24 bits per heavy atom. The zero-order chi connectivity index (χ0) is 15.2. The molecule has 0 aliphatic heterocycles. The molecule has 0 radical (unpaired) electrons. The minimum atomic E-state index is 0.551. The molecule has 0 saturated carbocycles. The largest absolute Gasteiger partial charge is 0.416 e. The normalized spacial score (nSPS) is 9.90. The first-order valence-corrected chi connectivity index (χ1v) is 7.20. The minimum absolute atomic E-state index is 0.551. The van der Waals surface area contributed by atoms with Crippen molar-refractivity contribution in [3.05, 3.63) is 59.7 Å². The standard InChI is InChI=1S/C16H14N2O.C2H6/c1-11-8-12(2)10-14(9-11)16-18-17-15(19-16)13-6-4-3-5-7-13;1-2/h3-10H,1-2H3;1-2H3. The maximum absolute atomic E-state index is 5.74. The summed E-state index contributed by atoms with van der Waals surface area (Å²) < 4.78 is 5.74. The van der Waals surface area contributed by atoms with E-state index in [0.717, 1.165) is 11.1 Å². The van der Waals surface area contributed by atoms with Crippen LogP contribution in [-0.4, -0.2) is 10.2 Å². The van der Waals surface area contributed by atoms with Crippen LogP contribution < -0.4 is 0 Å². The van der Waals surface area contributed by atoms with Crippen LogP contribution in [0.2, 0.25) is 0 Å². The highest BCUT2D eigenvalue weighted by molar-refractivity contribution is 5.59. The van der Waals surface area contributed by atoms with E-state index in [-0.39, 0.29) is 0 Å². The van der Waals surface area contributed by atoms with E-state index in [1.807, 2.05) is 44.2 Å². The molecule has 3 rings (SSSR count). The first-order valence-electron chi connectivity index (χ1n) is 7.20. The Hall–Kier alpha value is -2.42. The van der Waals surface area contributed by atoms with Crippen molar-refractivity contribution in [1.82, 2.24) is 10.2 Å². The van der Waals surface area contributed by atoms with E-state index in [0.29, 0.717) is 11.8 Å². The Morgan fingerprint density at radius 1 is 0.714 bits per heavy atom. The molecular formula is C18H20N2O. The third-order valence-electron chi connectivity index (χ3n) is 2.91. The second kappa shape index (κ2) is 6.84. The highest BCUT2D eigenvalue weighted by atomic mass is 16.4. The second-order valence-corrected chi connectivity index (χ2v) is 4.65. The van der Waals surface area contributed by atoms with Gasteiger partial charge in [0.15, 0.2) is 0 Å². The van der Waals surface area contributed by atoms with Gasteiger partial charge in [-0.2, -0.15) is 0 Å². The summed E-state index contributed by atoms with van der Waals surface area (Å²) in [6.45, 7) is 8.12. The lowest BCUT2D eigenvalue weighted by molar-refractivity contribution is 0.584. The van der Waals surface area contributed by atoms with Crippen molar-refractivity contribution in [3.8, 4) is 22.9 Å². The minimum Gasteiger partial charge on any atom is -0.416 e. The van der Waals surface area contributed by atoms with Gasteiger partial charge in [-0.1, -0.05) is 49.2 Å². The van der Waals surface area contributed by atoms with Crippen molar-refractivity contribution in [2.75, 3.05) is 0 Å². The molecule has 3 nitrogen and oxygen atoms in total. The van der Waals surface area contributed by atoms with E-state index in [2.05, 4.69) is 42.2 Å². The first kappa shape index (κ1) is 15.0. The Kier molecular flexibility index (Phi) is 4.88. The molecular weight excluding hydrogens is 260 g/mol. The fourth-order valence-electron chi connectivity index (χ4n) is 2.14. The molecule has 3 aromatic rings. The van der Waals surface area contributed by atoms with Gasteiger partial charge in [-0.25, -0.2) is 0 Å². The highest BCUT2D eigenvalue weighted by Crippen LogP contribution is 2.25. The van der Waals surface area contributed by atoms with E-state index in [9.17, 15) is 0 Å². The Balaban J connectivity index is 0.000000774. The van der Waals surface area contributed by atoms with Crippen LogP contribution in [0.25, 0.3) is 22.9 Å². The molecule has 1 aromatic heterocycles. The average Bonchev–Trinajstić information content (AvgIpc) is 2.99. The molecule has 108 valence electrons. The molecule has 0 saturated heterocycles. The van der Waals surface area contributed by atoms with Gasteiger partial charge in [-0.3, -0.25) is 0 Å². The lowest BCUT2D eigenvalue weighted by Crippen LogP contribution is -1.82. The second-order valence-electron chi connectivity index (χ2n) is 4.65. The maximum atomic E-state index is 5.74. The molecule has 0 atom stereocenters. The van der Waals surface area contributed by atoms with Gasteiger partial charge in [-0.05, 0) is 38.1 Å².